The number of esters is 1. The molecule has 10 heteroatoms. The minimum atomic E-state index is -0.718. The molecule has 2 N–H and O–H groups in total. The van der Waals surface area contributed by atoms with Crippen LogP contribution < -0.4 is 20.3 Å². The number of carbonyl (C=O) groups excluding carboxylic acids is 2. The number of aromatic nitrogens is 2. The number of benzene rings is 1. The molecule has 1 atom stereocenters. The molecule has 0 aliphatic rings. The first-order valence-electron chi connectivity index (χ1n) is 7.99. The first-order valence-corrected chi connectivity index (χ1v) is 9.15. The van der Waals surface area contributed by atoms with Crippen LogP contribution in [0.15, 0.2) is 16.9 Å². The van der Waals surface area contributed by atoms with E-state index in [4.69, 9.17) is 9.47 Å². The van der Waals surface area contributed by atoms with E-state index < -0.39 is 12.0 Å². The molecule has 0 bridgehead atoms. The van der Waals surface area contributed by atoms with Gasteiger partial charge in [-0.25, -0.2) is 9.78 Å². The largest absolute Gasteiger partial charge is 0.493 e. The third-order valence-corrected chi connectivity index (χ3v) is 4.61. The fraction of sp³-hybridized carbons (Fsp3) is 0.412. The Morgan fingerprint density at radius 3 is 2.52 bits per heavy atom. The molecule has 0 aliphatic carbocycles. The highest BCUT2D eigenvalue weighted by Crippen LogP contribution is 2.30. The lowest BCUT2D eigenvalue weighted by Crippen LogP contribution is -2.40. The van der Waals surface area contributed by atoms with Gasteiger partial charge in [0.1, 0.15) is 11.9 Å². The Morgan fingerprint density at radius 2 is 1.89 bits per heavy atom. The maximum atomic E-state index is 12.3. The smallest absolute Gasteiger partial charge is 0.328 e. The van der Waals surface area contributed by atoms with Gasteiger partial charge in [0.2, 0.25) is 5.91 Å². The maximum absolute atomic E-state index is 12.3. The Hall–Kier alpha value is -2.75. The molecule has 0 unspecified atom stereocenters. The van der Waals surface area contributed by atoms with Gasteiger partial charge in [-0.3, -0.25) is 9.59 Å². The summed E-state index contributed by atoms with van der Waals surface area (Å²) < 4.78 is 15.0. The Kier molecular flexibility index (Phi) is 7.05. The molecule has 1 aromatic carbocycles. The topological polar surface area (TPSA) is 120 Å². The number of fused-ring (bicyclic) bond motifs is 1. The number of rotatable bonds is 8. The Bertz CT molecular complexity index is 898. The van der Waals surface area contributed by atoms with Crippen LogP contribution in [0, 0.1) is 0 Å². The molecule has 1 heterocycles. The summed E-state index contributed by atoms with van der Waals surface area (Å²) in [6.07, 6.45) is 0. The summed E-state index contributed by atoms with van der Waals surface area (Å²) in [5.41, 5.74) is 0.163. The third kappa shape index (κ3) is 5.13. The number of carbonyl (C=O) groups is 2. The van der Waals surface area contributed by atoms with Gasteiger partial charge in [-0.15, -0.1) is 11.8 Å². The van der Waals surface area contributed by atoms with Gasteiger partial charge in [-0.2, -0.15) is 0 Å². The zero-order chi connectivity index (χ0) is 20.0. The quantitative estimate of drug-likeness (QED) is 0.632. The second kappa shape index (κ2) is 9.26. The molecule has 0 saturated heterocycles. The maximum Gasteiger partial charge on any atom is 0.328 e. The number of nitrogens with one attached hydrogen (secondary N) is 2. The average molecular weight is 395 g/mol. The van der Waals surface area contributed by atoms with Crippen molar-refractivity contribution in [2.24, 2.45) is 0 Å². The van der Waals surface area contributed by atoms with Crippen molar-refractivity contribution in [1.82, 2.24) is 15.3 Å². The van der Waals surface area contributed by atoms with Gasteiger partial charge < -0.3 is 24.5 Å². The highest BCUT2D eigenvalue weighted by Gasteiger charge is 2.16. The van der Waals surface area contributed by atoms with Crippen LogP contribution in [0.4, 0.5) is 0 Å². The number of hydrogen-bond donors (Lipinski definition) is 2. The third-order valence-electron chi connectivity index (χ3n) is 3.66. The average Bonchev–Trinajstić information content (AvgIpc) is 2.66. The van der Waals surface area contributed by atoms with Gasteiger partial charge >= 0.3 is 5.97 Å². The molecular weight excluding hydrogens is 374 g/mol. The molecule has 0 radical (unpaired) electrons. The van der Waals surface area contributed by atoms with E-state index in [1.54, 1.807) is 19.1 Å². The number of H-pyrrole nitrogens is 1. The van der Waals surface area contributed by atoms with E-state index in [-0.39, 0.29) is 17.2 Å². The lowest BCUT2D eigenvalue weighted by Gasteiger charge is -2.11. The molecule has 1 aromatic heterocycles. The van der Waals surface area contributed by atoms with E-state index in [0.29, 0.717) is 34.0 Å². The van der Waals surface area contributed by atoms with Gasteiger partial charge in [-0.05, 0) is 13.0 Å². The van der Waals surface area contributed by atoms with E-state index in [0.717, 1.165) is 0 Å². The fourth-order valence-corrected chi connectivity index (χ4v) is 3.04. The molecule has 27 heavy (non-hydrogen) atoms. The molecule has 0 aliphatic heterocycles. The normalized spacial score (nSPS) is 11.7. The summed E-state index contributed by atoms with van der Waals surface area (Å²) in [4.78, 5) is 42.5. The van der Waals surface area contributed by atoms with Crippen LogP contribution in [0.2, 0.25) is 0 Å². The van der Waals surface area contributed by atoms with Gasteiger partial charge in [-0.1, -0.05) is 0 Å². The standard InChI is InChI=1S/C17H21N3O6S/c1-9(17(23)26-4)18-15(21)8-27-7-14-19-11-6-13(25-3)12(24-2)5-10(11)16(22)20-14/h5-6,9H,7-8H2,1-4H3,(H,18,21)(H,19,20,22)/t9-/m0/s1. The first kappa shape index (κ1) is 20.6. The van der Waals surface area contributed by atoms with E-state index in [9.17, 15) is 14.4 Å². The van der Waals surface area contributed by atoms with Gasteiger partial charge in [0.25, 0.3) is 5.56 Å². The molecule has 146 valence electrons. The monoisotopic (exact) mass is 395 g/mol. The second-order valence-corrected chi connectivity index (χ2v) is 6.53. The van der Waals surface area contributed by atoms with Crippen molar-refractivity contribution in [3.05, 3.63) is 28.3 Å². The number of hydrogen-bond acceptors (Lipinski definition) is 8. The molecule has 0 saturated carbocycles. The zero-order valence-corrected chi connectivity index (χ0v) is 16.3. The van der Waals surface area contributed by atoms with Gasteiger partial charge in [0.15, 0.2) is 11.5 Å². The van der Waals surface area contributed by atoms with E-state index in [2.05, 4.69) is 20.0 Å². The lowest BCUT2D eigenvalue weighted by atomic mass is 10.2. The van der Waals surface area contributed by atoms with Crippen LogP contribution in [-0.2, 0) is 20.1 Å². The SMILES string of the molecule is COC(=O)[C@H](C)NC(=O)CSCc1nc2cc(OC)c(OC)cc2c(=O)[nH]1. The van der Waals surface area contributed by atoms with Crippen LogP contribution >= 0.6 is 11.8 Å². The minimum Gasteiger partial charge on any atom is -0.493 e. The van der Waals surface area contributed by atoms with E-state index in [1.807, 2.05) is 0 Å². The minimum absolute atomic E-state index is 0.106. The highest BCUT2D eigenvalue weighted by atomic mass is 32.2. The zero-order valence-electron chi connectivity index (χ0n) is 15.5. The molecule has 0 fully saturated rings. The second-order valence-electron chi connectivity index (χ2n) is 5.54. The Morgan fingerprint density at radius 1 is 1.22 bits per heavy atom. The van der Waals surface area contributed by atoms with Crippen molar-refractivity contribution >= 4 is 34.5 Å². The van der Waals surface area contributed by atoms with Crippen LogP contribution in [-0.4, -0.2) is 55.0 Å². The summed E-state index contributed by atoms with van der Waals surface area (Å²) in [5.74, 6) is 0.937. The van der Waals surface area contributed by atoms with Crippen molar-refractivity contribution in [3.63, 3.8) is 0 Å². The summed E-state index contributed by atoms with van der Waals surface area (Å²) in [5, 5.41) is 2.91. The van der Waals surface area contributed by atoms with Crippen molar-refractivity contribution in [1.29, 1.82) is 0 Å². The molecule has 2 rings (SSSR count). The van der Waals surface area contributed by atoms with Crippen LogP contribution in [0.25, 0.3) is 10.9 Å². The number of ether oxygens (including phenoxy) is 3. The molecular formula is C17H21N3O6S. The highest BCUT2D eigenvalue weighted by molar-refractivity contribution is 7.99. The summed E-state index contributed by atoms with van der Waals surface area (Å²) in [6, 6.07) is 2.48. The Labute approximate surface area is 159 Å². The molecule has 9 nitrogen and oxygen atoms in total. The number of nitrogens with zero attached hydrogens (tertiary/aromatic N) is 1. The van der Waals surface area contributed by atoms with Crippen molar-refractivity contribution in [2.45, 2.75) is 18.7 Å². The predicted octanol–water partition coefficient (Wildman–Crippen LogP) is 0.851. The van der Waals surface area contributed by atoms with Crippen molar-refractivity contribution in [3.8, 4) is 11.5 Å². The van der Waals surface area contributed by atoms with Gasteiger partial charge in [0, 0.05) is 6.07 Å². The van der Waals surface area contributed by atoms with Crippen LogP contribution in [0.3, 0.4) is 0 Å². The molecule has 2 aromatic rings. The number of thioether (sulfide) groups is 1. The van der Waals surface area contributed by atoms with E-state index >= 15 is 0 Å². The van der Waals surface area contributed by atoms with Crippen LogP contribution in [0.5, 0.6) is 11.5 Å². The van der Waals surface area contributed by atoms with E-state index in [1.165, 1.54) is 33.1 Å². The fourth-order valence-electron chi connectivity index (χ4n) is 2.34. The summed E-state index contributed by atoms with van der Waals surface area (Å²) in [7, 11) is 4.25. The van der Waals surface area contributed by atoms with Crippen LogP contribution in [0.1, 0.15) is 12.7 Å². The van der Waals surface area contributed by atoms with Crippen molar-refractivity contribution in [2.75, 3.05) is 27.1 Å². The summed E-state index contributed by atoms with van der Waals surface area (Å²) in [6.45, 7) is 1.54. The van der Waals surface area contributed by atoms with Crippen molar-refractivity contribution < 1.29 is 23.8 Å². The number of methoxy groups -OCH3 is 3. The number of aromatic amines is 1. The summed E-state index contributed by atoms with van der Waals surface area (Å²) >= 11 is 1.26. The van der Waals surface area contributed by atoms with Gasteiger partial charge in [0.05, 0.1) is 43.7 Å². The Balaban J connectivity index is 2.06. The lowest BCUT2D eigenvalue weighted by molar-refractivity contribution is -0.144. The molecule has 1 amide bonds. The first-order chi connectivity index (χ1) is 12.9. The number of amides is 1. The molecule has 0 spiro atoms. The predicted molar refractivity (Wildman–Crippen MR) is 101 cm³/mol.